The number of nitrogens with one attached hydrogen (secondary N) is 2. The minimum atomic E-state index is -4.41. The number of amides is 1. The highest BCUT2D eigenvalue weighted by molar-refractivity contribution is 5.91. The summed E-state index contributed by atoms with van der Waals surface area (Å²) in [5.41, 5.74) is -0.418. The summed E-state index contributed by atoms with van der Waals surface area (Å²) in [6.45, 7) is 5.32. The summed E-state index contributed by atoms with van der Waals surface area (Å²) in [6, 6.07) is 3.86. The Balaban J connectivity index is 2.00. The van der Waals surface area contributed by atoms with Crippen LogP contribution in [-0.4, -0.2) is 19.0 Å². The van der Waals surface area contributed by atoms with Crippen molar-refractivity contribution in [3.63, 3.8) is 0 Å². The van der Waals surface area contributed by atoms with E-state index in [1.165, 1.54) is 19.1 Å². The summed E-state index contributed by atoms with van der Waals surface area (Å²) in [7, 11) is 0. The number of anilines is 1. The Kier molecular flexibility index (Phi) is 5.68. The fraction of sp³-hybridized carbons (Fsp3) is 0.588. The molecule has 2 unspecified atom stereocenters. The third-order valence-electron chi connectivity index (χ3n) is 4.56. The molecule has 128 valence electrons. The van der Waals surface area contributed by atoms with Gasteiger partial charge in [0.15, 0.2) is 0 Å². The lowest BCUT2D eigenvalue weighted by Gasteiger charge is -2.28. The van der Waals surface area contributed by atoms with Crippen molar-refractivity contribution >= 4 is 11.6 Å². The van der Waals surface area contributed by atoms with Crippen molar-refractivity contribution in [2.75, 3.05) is 18.4 Å². The average Bonchev–Trinajstić information content (AvgIpc) is 2.49. The third-order valence-corrected chi connectivity index (χ3v) is 4.56. The van der Waals surface area contributed by atoms with Crippen molar-refractivity contribution in [3.8, 4) is 0 Å². The molecule has 2 rings (SSSR count). The van der Waals surface area contributed by atoms with Crippen LogP contribution >= 0.6 is 0 Å². The predicted molar refractivity (Wildman–Crippen MR) is 84.2 cm³/mol. The molecule has 0 aliphatic carbocycles. The normalized spacial score (nSPS) is 20.1. The lowest BCUT2D eigenvalue weighted by atomic mass is 9.85. The van der Waals surface area contributed by atoms with Gasteiger partial charge in [0.2, 0.25) is 5.91 Å². The van der Waals surface area contributed by atoms with E-state index in [1.54, 1.807) is 0 Å². The van der Waals surface area contributed by atoms with Crippen LogP contribution in [0.3, 0.4) is 0 Å². The monoisotopic (exact) mass is 328 g/mol. The van der Waals surface area contributed by atoms with E-state index >= 15 is 0 Å². The van der Waals surface area contributed by atoms with Gasteiger partial charge in [-0.2, -0.15) is 13.2 Å². The Bertz CT molecular complexity index is 551. The van der Waals surface area contributed by atoms with Crippen LogP contribution in [0.25, 0.3) is 0 Å². The van der Waals surface area contributed by atoms with E-state index in [9.17, 15) is 18.0 Å². The number of carbonyl (C=O) groups is 1. The number of carbonyl (C=O) groups excluding carboxylic acids is 1. The molecule has 0 radical (unpaired) electrons. The van der Waals surface area contributed by atoms with Crippen molar-refractivity contribution in [2.45, 2.75) is 39.3 Å². The van der Waals surface area contributed by atoms with Gasteiger partial charge in [0.05, 0.1) is 5.56 Å². The van der Waals surface area contributed by atoms with Gasteiger partial charge in [-0.15, -0.1) is 0 Å². The Morgan fingerprint density at radius 3 is 2.78 bits per heavy atom. The maximum atomic E-state index is 12.9. The maximum Gasteiger partial charge on any atom is 0.416 e. The first-order chi connectivity index (χ1) is 10.8. The minimum absolute atomic E-state index is 0.0559. The molecule has 3 nitrogen and oxygen atoms in total. The van der Waals surface area contributed by atoms with E-state index in [0.29, 0.717) is 12.3 Å². The second-order valence-corrected chi connectivity index (χ2v) is 6.31. The highest BCUT2D eigenvalue weighted by atomic mass is 19.4. The highest BCUT2D eigenvalue weighted by Crippen LogP contribution is 2.34. The molecule has 2 N–H and O–H groups in total. The molecule has 0 aromatic heterocycles. The van der Waals surface area contributed by atoms with Crippen molar-refractivity contribution in [2.24, 2.45) is 11.8 Å². The quantitative estimate of drug-likeness (QED) is 0.878. The molecule has 6 heteroatoms. The van der Waals surface area contributed by atoms with E-state index in [0.717, 1.165) is 32.0 Å². The van der Waals surface area contributed by atoms with Gasteiger partial charge in [0.25, 0.3) is 0 Å². The molecule has 1 amide bonds. The van der Waals surface area contributed by atoms with Crippen molar-refractivity contribution in [1.82, 2.24) is 5.32 Å². The van der Waals surface area contributed by atoms with Crippen molar-refractivity contribution < 1.29 is 18.0 Å². The van der Waals surface area contributed by atoms with Crippen molar-refractivity contribution in [1.29, 1.82) is 0 Å². The summed E-state index contributed by atoms with van der Waals surface area (Å²) in [4.78, 5) is 12.2. The van der Waals surface area contributed by atoms with Gasteiger partial charge in [-0.3, -0.25) is 4.79 Å². The number of alkyl halides is 3. The SMILES string of the molecule is Cc1c(NC(=O)CC(C)C2CCCNC2)cccc1C(F)(F)F. The molecular formula is C17H23F3N2O. The maximum absolute atomic E-state index is 12.9. The first-order valence-corrected chi connectivity index (χ1v) is 7.96. The standard InChI is InChI=1S/C17H23F3N2O/c1-11(13-5-4-8-21-10-13)9-16(23)22-15-7-3-6-14(12(15)2)17(18,19)20/h3,6-7,11,13,21H,4-5,8-10H2,1-2H3,(H,22,23). The summed E-state index contributed by atoms with van der Waals surface area (Å²) in [5.74, 6) is 0.413. The number of halogens is 3. The average molecular weight is 328 g/mol. The van der Waals surface area contributed by atoms with Gasteiger partial charge in [0.1, 0.15) is 0 Å². The van der Waals surface area contributed by atoms with Gasteiger partial charge in [0, 0.05) is 12.1 Å². The van der Waals surface area contributed by atoms with Crippen LogP contribution in [0, 0.1) is 18.8 Å². The van der Waals surface area contributed by atoms with Gasteiger partial charge in [-0.1, -0.05) is 13.0 Å². The van der Waals surface area contributed by atoms with Gasteiger partial charge in [-0.05, 0) is 62.4 Å². The second-order valence-electron chi connectivity index (χ2n) is 6.31. The van der Waals surface area contributed by atoms with Crippen molar-refractivity contribution in [3.05, 3.63) is 29.3 Å². The van der Waals surface area contributed by atoms with Crippen LogP contribution in [-0.2, 0) is 11.0 Å². The van der Waals surface area contributed by atoms with Crippen LogP contribution in [0.2, 0.25) is 0 Å². The number of rotatable bonds is 4. The highest BCUT2D eigenvalue weighted by Gasteiger charge is 2.33. The number of hydrogen-bond donors (Lipinski definition) is 2. The van der Waals surface area contributed by atoms with Crippen LogP contribution in [0.1, 0.15) is 37.3 Å². The fourth-order valence-corrected chi connectivity index (χ4v) is 3.10. The molecule has 1 saturated heterocycles. The topological polar surface area (TPSA) is 41.1 Å². The lowest BCUT2D eigenvalue weighted by molar-refractivity contribution is -0.138. The third kappa shape index (κ3) is 4.70. The number of benzene rings is 1. The Morgan fingerprint density at radius 2 is 2.17 bits per heavy atom. The molecule has 0 bridgehead atoms. The minimum Gasteiger partial charge on any atom is -0.326 e. The Labute approximate surface area is 134 Å². The van der Waals surface area contributed by atoms with E-state index < -0.39 is 11.7 Å². The zero-order valence-corrected chi connectivity index (χ0v) is 13.5. The summed E-state index contributed by atoms with van der Waals surface area (Å²) in [6.07, 6.45) is -1.90. The smallest absolute Gasteiger partial charge is 0.326 e. The molecule has 2 atom stereocenters. The number of hydrogen-bond acceptors (Lipinski definition) is 2. The molecule has 1 aromatic rings. The molecule has 0 saturated carbocycles. The van der Waals surface area contributed by atoms with Crippen LogP contribution in [0.4, 0.5) is 18.9 Å². The summed E-state index contributed by atoms with van der Waals surface area (Å²) >= 11 is 0. The summed E-state index contributed by atoms with van der Waals surface area (Å²) in [5, 5.41) is 5.95. The van der Waals surface area contributed by atoms with Crippen LogP contribution in [0.5, 0.6) is 0 Å². The van der Waals surface area contributed by atoms with E-state index in [-0.39, 0.29) is 23.1 Å². The lowest BCUT2D eigenvalue weighted by Crippen LogP contribution is -2.34. The molecule has 23 heavy (non-hydrogen) atoms. The van der Waals surface area contributed by atoms with E-state index in [2.05, 4.69) is 10.6 Å². The summed E-state index contributed by atoms with van der Waals surface area (Å²) < 4.78 is 38.7. The van der Waals surface area contributed by atoms with Crippen LogP contribution < -0.4 is 10.6 Å². The molecule has 1 fully saturated rings. The largest absolute Gasteiger partial charge is 0.416 e. The van der Waals surface area contributed by atoms with Gasteiger partial charge >= 0.3 is 6.18 Å². The van der Waals surface area contributed by atoms with Gasteiger partial charge < -0.3 is 10.6 Å². The Hall–Kier alpha value is -1.56. The molecule has 0 spiro atoms. The first-order valence-electron chi connectivity index (χ1n) is 7.96. The zero-order valence-electron chi connectivity index (χ0n) is 13.5. The second kappa shape index (κ2) is 7.34. The molecule has 1 aliphatic rings. The first kappa shape index (κ1) is 17.8. The molecule has 1 heterocycles. The van der Waals surface area contributed by atoms with E-state index in [1.807, 2.05) is 6.92 Å². The number of piperidine rings is 1. The Morgan fingerprint density at radius 1 is 1.43 bits per heavy atom. The fourth-order valence-electron chi connectivity index (χ4n) is 3.10. The molecular weight excluding hydrogens is 305 g/mol. The van der Waals surface area contributed by atoms with E-state index in [4.69, 9.17) is 0 Å². The van der Waals surface area contributed by atoms with Gasteiger partial charge in [-0.25, -0.2) is 0 Å². The molecule has 1 aliphatic heterocycles. The molecule has 1 aromatic carbocycles. The zero-order chi connectivity index (χ0) is 17.0. The van der Waals surface area contributed by atoms with Crippen LogP contribution in [0.15, 0.2) is 18.2 Å². The predicted octanol–water partition coefficient (Wildman–Crippen LogP) is 3.98.